The zero-order valence-electron chi connectivity index (χ0n) is 11.3. The molecule has 6 heteroatoms. The van der Waals surface area contributed by atoms with Crippen LogP contribution in [0.4, 0.5) is 14.9 Å². The Hall–Kier alpha value is -1.92. The van der Waals surface area contributed by atoms with E-state index in [0.717, 1.165) is 11.3 Å². The molecule has 1 unspecified atom stereocenters. The van der Waals surface area contributed by atoms with Crippen LogP contribution in [-0.2, 0) is 4.74 Å². The number of carbonyl (C=O) groups is 1. The Morgan fingerprint density at radius 3 is 3.10 bits per heavy atom. The first kappa shape index (κ1) is 14.0. The van der Waals surface area contributed by atoms with Gasteiger partial charge in [0, 0.05) is 11.9 Å². The SMILES string of the molecule is O=C(Nc1ccsc1)N1CCOC(c2cccc(F)c2)C1. The predicted octanol–water partition coefficient (Wildman–Crippen LogP) is 3.49. The van der Waals surface area contributed by atoms with Crippen LogP contribution in [0.3, 0.4) is 0 Å². The van der Waals surface area contributed by atoms with Crippen molar-refractivity contribution in [1.29, 1.82) is 0 Å². The highest BCUT2D eigenvalue weighted by Crippen LogP contribution is 2.23. The number of carbonyl (C=O) groups excluding carboxylic acids is 1. The van der Waals surface area contributed by atoms with Crippen molar-refractivity contribution in [2.24, 2.45) is 0 Å². The molecule has 0 bridgehead atoms. The van der Waals surface area contributed by atoms with Crippen molar-refractivity contribution in [3.05, 3.63) is 52.5 Å². The minimum Gasteiger partial charge on any atom is -0.370 e. The first-order valence-electron chi connectivity index (χ1n) is 6.67. The standard InChI is InChI=1S/C15H15FN2O2S/c16-12-3-1-2-11(8-12)14-9-18(5-6-20-14)15(19)17-13-4-7-21-10-13/h1-4,7-8,10,14H,5-6,9H2,(H,17,19). The van der Waals surface area contributed by atoms with Gasteiger partial charge in [-0.1, -0.05) is 12.1 Å². The number of halogens is 1. The summed E-state index contributed by atoms with van der Waals surface area (Å²) in [7, 11) is 0. The van der Waals surface area contributed by atoms with Crippen molar-refractivity contribution in [2.75, 3.05) is 25.0 Å². The lowest BCUT2D eigenvalue weighted by Gasteiger charge is -2.33. The van der Waals surface area contributed by atoms with Gasteiger partial charge in [-0.2, -0.15) is 11.3 Å². The van der Waals surface area contributed by atoms with Crippen molar-refractivity contribution < 1.29 is 13.9 Å². The molecule has 1 fully saturated rings. The van der Waals surface area contributed by atoms with Gasteiger partial charge in [0.25, 0.3) is 0 Å². The molecule has 2 heterocycles. The van der Waals surface area contributed by atoms with Crippen LogP contribution in [0.5, 0.6) is 0 Å². The highest BCUT2D eigenvalue weighted by Gasteiger charge is 2.25. The molecular weight excluding hydrogens is 291 g/mol. The third-order valence-corrected chi connectivity index (χ3v) is 4.03. The summed E-state index contributed by atoms with van der Waals surface area (Å²) < 4.78 is 18.9. The summed E-state index contributed by atoms with van der Waals surface area (Å²) in [6, 6.07) is 8.01. The predicted molar refractivity (Wildman–Crippen MR) is 80.0 cm³/mol. The Kier molecular flexibility index (Phi) is 4.17. The molecule has 1 N–H and O–H groups in total. The van der Waals surface area contributed by atoms with Crippen LogP contribution >= 0.6 is 11.3 Å². The van der Waals surface area contributed by atoms with Crippen LogP contribution < -0.4 is 5.32 Å². The highest BCUT2D eigenvalue weighted by molar-refractivity contribution is 7.08. The van der Waals surface area contributed by atoms with Crippen LogP contribution in [0.2, 0.25) is 0 Å². The average molecular weight is 306 g/mol. The molecular formula is C15H15FN2O2S. The first-order chi connectivity index (χ1) is 10.2. The van der Waals surface area contributed by atoms with Gasteiger partial charge in [0.1, 0.15) is 11.9 Å². The van der Waals surface area contributed by atoms with Gasteiger partial charge in [0.2, 0.25) is 0 Å². The van der Waals surface area contributed by atoms with E-state index in [1.807, 2.05) is 22.9 Å². The summed E-state index contributed by atoms with van der Waals surface area (Å²) in [4.78, 5) is 13.9. The molecule has 1 aromatic heterocycles. The summed E-state index contributed by atoms with van der Waals surface area (Å²) in [6.45, 7) is 1.39. The number of amides is 2. The second-order valence-electron chi connectivity index (χ2n) is 4.80. The maximum atomic E-state index is 13.3. The number of rotatable bonds is 2. The van der Waals surface area contributed by atoms with E-state index in [0.29, 0.717) is 19.7 Å². The second kappa shape index (κ2) is 6.24. The number of ether oxygens (including phenoxy) is 1. The minimum absolute atomic E-state index is 0.155. The largest absolute Gasteiger partial charge is 0.370 e. The number of thiophene rings is 1. The van der Waals surface area contributed by atoms with Crippen LogP contribution in [-0.4, -0.2) is 30.6 Å². The van der Waals surface area contributed by atoms with Gasteiger partial charge < -0.3 is 15.0 Å². The third kappa shape index (κ3) is 3.40. The van der Waals surface area contributed by atoms with Gasteiger partial charge in [-0.3, -0.25) is 0 Å². The van der Waals surface area contributed by atoms with Crippen LogP contribution in [0.15, 0.2) is 41.1 Å². The normalized spacial score (nSPS) is 18.5. The lowest BCUT2D eigenvalue weighted by molar-refractivity contribution is -0.0136. The maximum Gasteiger partial charge on any atom is 0.322 e. The lowest BCUT2D eigenvalue weighted by atomic mass is 10.1. The summed E-state index contributed by atoms with van der Waals surface area (Å²) in [5, 5.41) is 6.63. The topological polar surface area (TPSA) is 41.6 Å². The van der Waals surface area contributed by atoms with Gasteiger partial charge in [-0.15, -0.1) is 0 Å². The number of hydrogen-bond donors (Lipinski definition) is 1. The minimum atomic E-state index is -0.295. The lowest BCUT2D eigenvalue weighted by Crippen LogP contribution is -2.44. The molecule has 110 valence electrons. The smallest absolute Gasteiger partial charge is 0.322 e. The van der Waals surface area contributed by atoms with Crippen LogP contribution in [0.1, 0.15) is 11.7 Å². The van der Waals surface area contributed by atoms with E-state index in [1.165, 1.54) is 23.5 Å². The summed E-state index contributed by atoms with van der Waals surface area (Å²) >= 11 is 1.53. The van der Waals surface area contributed by atoms with Crippen molar-refractivity contribution >= 4 is 23.1 Å². The summed E-state index contributed by atoms with van der Waals surface area (Å²) in [6.07, 6.45) is -0.289. The molecule has 1 aromatic carbocycles. The average Bonchev–Trinajstić information content (AvgIpc) is 3.00. The third-order valence-electron chi connectivity index (χ3n) is 3.35. The molecule has 0 aliphatic carbocycles. The van der Waals surface area contributed by atoms with Crippen molar-refractivity contribution in [3.8, 4) is 0 Å². The van der Waals surface area contributed by atoms with E-state index in [1.54, 1.807) is 11.0 Å². The van der Waals surface area contributed by atoms with Crippen LogP contribution in [0.25, 0.3) is 0 Å². The fraction of sp³-hybridized carbons (Fsp3) is 0.267. The molecule has 1 saturated heterocycles. The zero-order valence-corrected chi connectivity index (χ0v) is 12.1. The molecule has 21 heavy (non-hydrogen) atoms. The second-order valence-corrected chi connectivity index (χ2v) is 5.58. The summed E-state index contributed by atoms with van der Waals surface area (Å²) in [5.41, 5.74) is 1.54. The zero-order chi connectivity index (χ0) is 14.7. The molecule has 2 aromatic rings. The van der Waals surface area contributed by atoms with Crippen molar-refractivity contribution in [1.82, 2.24) is 4.90 Å². The van der Waals surface area contributed by atoms with E-state index in [-0.39, 0.29) is 18.0 Å². The van der Waals surface area contributed by atoms with Gasteiger partial charge in [0.05, 0.1) is 18.8 Å². The number of nitrogens with zero attached hydrogens (tertiary/aromatic N) is 1. The Bertz CT molecular complexity index is 618. The molecule has 0 radical (unpaired) electrons. The first-order valence-corrected chi connectivity index (χ1v) is 7.62. The number of benzene rings is 1. The Balaban J connectivity index is 1.66. The Morgan fingerprint density at radius 1 is 1.43 bits per heavy atom. The van der Waals surface area contributed by atoms with Crippen LogP contribution in [0, 0.1) is 5.82 Å². The molecule has 2 amide bonds. The van der Waals surface area contributed by atoms with Crippen molar-refractivity contribution in [2.45, 2.75) is 6.10 Å². The van der Waals surface area contributed by atoms with Gasteiger partial charge in [-0.25, -0.2) is 9.18 Å². The number of morpholine rings is 1. The van der Waals surface area contributed by atoms with E-state index in [4.69, 9.17) is 4.74 Å². The van der Waals surface area contributed by atoms with E-state index in [9.17, 15) is 9.18 Å². The fourth-order valence-corrected chi connectivity index (χ4v) is 2.87. The monoisotopic (exact) mass is 306 g/mol. The van der Waals surface area contributed by atoms with Gasteiger partial charge in [-0.05, 0) is 29.1 Å². The number of urea groups is 1. The highest BCUT2D eigenvalue weighted by atomic mass is 32.1. The quantitative estimate of drug-likeness (QED) is 0.922. The Labute approximate surface area is 126 Å². The molecule has 1 aliphatic rings. The van der Waals surface area contributed by atoms with Crippen molar-refractivity contribution in [3.63, 3.8) is 0 Å². The maximum absolute atomic E-state index is 13.3. The summed E-state index contributed by atoms with van der Waals surface area (Å²) in [5.74, 6) is -0.295. The molecule has 0 saturated carbocycles. The van der Waals surface area contributed by atoms with E-state index >= 15 is 0 Å². The van der Waals surface area contributed by atoms with Gasteiger partial charge >= 0.3 is 6.03 Å². The fourth-order valence-electron chi connectivity index (χ4n) is 2.28. The molecule has 3 rings (SSSR count). The number of nitrogens with one attached hydrogen (secondary N) is 1. The van der Waals surface area contributed by atoms with E-state index in [2.05, 4.69) is 5.32 Å². The Morgan fingerprint density at radius 2 is 2.33 bits per heavy atom. The number of hydrogen-bond acceptors (Lipinski definition) is 3. The van der Waals surface area contributed by atoms with Gasteiger partial charge in [0.15, 0.2) is 0 Å². The van der Waals surface area contributed by atoms with E-state index < -0.39 is 0 Å². The molecule has 0 spiro atoms. The molecule has 1 atom stereocenters. The molecule has 4 nitrogen and oxygen atoms in total. The number of anilines is 1. The molecule has 1 aliphatic heterocycles.